The summed E-state index contributed by atoms with van der Waals surface area (Å²) in [5.74, 6) is 0.825. The molecule has 1 fully saturated rings. The SMILES string of the molecule is CC(C)NCC(N)C1CC1. The maximum Gasteiger partial charge on any atom is 0.0194 e. The van der Waals surface area contributed by atoms with Crippen molar-refractivity contribution >= 4 is 0 Å². The number of nitrogens with two attached hydrogens (primary N) is 1. The van der Waals surface area contributed by atoms with Crippen molar-refractivity contribution in [3.63, 3.8) is 0 Å². The summed E-state index contributed by atoms with van der Waals surface area (Å²) >= 11 is 0. The van der Waals surface area contributed by atoms with E-state index in [9.17, 15) is 0 Å². The molecule has 0 heterocycles. The minimum atomic E-state index is 0.405. The Morgan fingerprint density at radius 1 is 1.50 bits per heavy atom. The van der Waals surface area contributed by atoms with Gasteiger partial charge in [-0.05, 0) is 18.8 Å². The van der Waals surface area contributed by atoms with Gasteiger partial charge >= 0.3 is 0 Å². The molecule has 1 unspecified atom stereocenters. The molecule has 1 atom stereocenters. The van der Waals surface area contributed by atoms with E-state index in [1.54, 1.807) is 0 Å². The highest BCUT2D eigenvalue weighted by atomic mass is 14.9. The third kappa shape index (κ3) is 2.67. The molecule has 10 heavy (non-hydrogen) atoms. The van der Waals surface area contributed by atoms with Crippen molar-refractivity contribution in [2.24, 2.45) is 11.7 Å². The summed E-state index contributed by atoms with van der Waals surface area (Å²) < 4.78 is 0. The van der Waals surface area contributed by atoms with Crippen LogP contribution in [0.25, 0.3) is 0 Å². The molecular formula is C8H18N2. The van der Waals surface area contributed by atoms with Gasteiger partial charge in [-0.25, -0.2) is 0 Å². The first-order valence-corrected chi connectivity index (χ1v) is 4.19. The van der Waals surface area contributed by atoms with Gasteiger partial charge < -0.3 is 11.1 Å². The van der Waals surface area contributed by atoms with Crippen LogP contribution in [0.2, 0.25) is 0 Å². The number of hydrogen-bond donors (Lipinski definition) is 2. The van der Waals surface area contributed by atoms with E-state index in [0.717, 1.165) is 12.5 Å². The van der Waals surface area contributed by atoms with Crippen molar-refractivity contribution in [2.75, 3.05) is 6.54 Å². The standard InChI is InChI=1S/C8H18N2/c1-6(2)10-5-8(9)7-3-4-7/h6-8,10H,3-5,9H2,1-2H3. The number of hydrogen-bond acceptors (Lipinski definition) is 2. The van der Waals surface area contributed by atoms with Crippen LogP contribution in [-0.4, -0.2) is 18.6 Å². The van der Waals surface area contributed by atoms with Gasteiger partial charge in [-0.1, -0.05) is 13.8 Å². The molecule has 2 heteroatoms. The molecule has 1 aliphatic carbocycles. The zero-order valence-corrected chi connectivity index (χ0v) is 6.93. The number of rotatable bonds is 4. The van der Waals surface area contributed by atoms with Crippen molar-refractivity contribution < 1.29 is 0 Å². The molecule has 3 N–H and O–H groups in total. The lowest BCUT2D eigenvalue weighted by molar-refractivity contribution is 0.493. The Hall–Kier alpha value is -0.0800. The molecular weight excluding hydrogens is 124 g/mol. The molecule has 0 spiro atoms. The highest BCUT2D eigenvalue weighted by molar-refractivity contribution is 4.85. The van der Waals surface area contributed by atoms with Crippen LogP contribution in [0.3, 0.4) is 0 Å². The van der Waals surface area contributed by atoms with Gasteiger partial charge in [0.15, 0.2) is 0 Å². The third-order valence-electron chi connectivity index (χ3n) is 1.99. The summed E-state index contributed by atoms with van der Waals surface area (Å²) in [4.78, 5) is 0. The first-order valence-electron chi connectivity index (χ1n) is 4.19. The van der Waals surface area contributed by atoms with Crippen LogP contribution >= 0.6 is 0 Å². The van der Waals surface area contributed by atoms with Gasteiger partial charge in [-0.2, -0.15) is 0 Å². The normalized spacial score (nSPS) is 21.6. The molecule has 1 saturated carbocycles. The Kier molecular flexibility index (Phi) is 2.69. The first kappa shape index (κ1) is 8.02. The summed E-state index contributed by atoms with van der Waals surface area (Å²) in [7, 11) is 0. The third-order valence-corrected chi connectivity index (χ3v) is 1.99. The summed E-state index contributed by atoms with van der Waals surface area (Å²) in [6, 6.07) is 0.979. The highest BCUT2D eigenvalue weighted by Gasteiger charge is 2.27. The molecule has 0 aliphatic heterocycles. The van der Waals surface area contributed by atoms with Crippen molar-refractivity contribution in [3.8, 4) is 0 Å². The average molecular weight is 142 g/mol. The lowest BCUT2D eigenvalue weighted by Gasteiger charge is -2.13. The Labute approximate surface area is 63.2 Å². The van der Waals surface area contributed by atoms with Gasteiger partial charge in [-0.3, -0.25) is 0 Å². The fourth-order valence-corrected chi connectivity index (χ4v) is 1.06. The Morgan fingerprint density at radius 2 is 2.10 bits per heavy atom. The van der Waals surface area contributed by atoms with Crippen molar-refractivity contribution in [2.45, 2.75) is 38.8 Å². The van der Waals surface area contributed by atoms with Gasteiger partial charge in [0.05, 0.1) is 0 Å². The van der Waals surface area contributed by atoms with Crippen molar-refractivity contribution in [1.29, 1.82) is 0 Å². The van der Waals surface area contributed by atoms with E-state index in [1.807, 2.05) is 0 Å². The molecule has 2 nitrogen and oxygen atoms in total. The molecule has 0 bridgehead atoms. The van der Waals surface area contributed by atoms with E-state index in [2.05, 4.69) is 19.2 Å². The van der Waals surface area contributed by atoms with Crippen LogP contribution < -0.4 is 11.1 Å². The summed E-state index contributed by atoms with van der Waals surface area (Å²) in [5, 5.41) is 3.34. The maximum absolute atomic E-state index is 5.86. The largest absolute Gasteiger partial charge is 0.326 e. The minimum absolute atomic E-state index is 0.405. The molecule has 1 aliphatic rings. The summed E-state index contributed by atoms with van der Waals surface area (Å²) in [6.07, 6.45) is 2.70. The van der Waals surface area contributed by atoms with E-state index in [4.69, 9.17) is 5.73 Å². The minimum Gasteiger partial charge on any atom is -0.326 e. The Bertz CT molecular complexity index is 97.4. The molecule has 1 rings (SSSR count). The second kappa shape index (κ2) is 3.35. The van der Waals surface area contributed by atoms with Crippen LogP contribution in [0, 0.1) is 5.92 Å². The quantitative estimate of drug-likeness (QED) is 0.607. The molecule has 0 aromatic rings. The predicted octanol–water partition coefficient (Wildman–Crippen LogP) is 0.722. The Morgan fingerprint density at radius 3 is 2.50 bits per heavy atom. The molecule has 0 saturated heterocycles. The molecule has 60 valence electrons. The van der Waals surface area contributed by atoms with E-state index < -0.39 is 0 Å². The highest BCUT2D eigenvalue weighted by Crippen LogP contribution is 2.31. The zero-order chi connectivity index (χ0) is 7.56. The predicted molar refractivity (Wildman–Crippen MR) is 43.8 cm³/mol. The monoisotopic (exact) mass is 142 g/mol. The van der Waals surface area contributed by atoms with E-state index >= 15 is 0 Å². The lowest BCUT2D eigenvalue weighted by Crippen LogP contribution is -2.38. The van der Waals surface area contributed by atoms with Crippen LogP contribution in [-0.2, 0) is 0 Å². The van der Waals surface area contributed by atoms with E-state index in [0.29, 0.717) is 12.1 Å². The Balaban J connectivity index is 2.00. The van der Waals surface area contributed by atoms with Gasteiger partial charge in [0.2, 0.25) is 0 Å². The second-order valence-corrected chi connectivity index (χ2v) is 3.56. The van der Waals surface area contributed by atoms with Crippen LogP contribution in [0.4, 0.5) is 0 Å². The van der Waals surface area contributed by atoms with Gasteiger partial charge in [0, 0.05) is 18.6 Å². The summed E-state index contributed by atoms with van der Waals surface area (Å²) in [6.45, 7) is 5.29. The van der Waals surface area contributed by atoms with Crippen LogP contribution in [0.15, 0.2) is 0 Å². The van der Waals surface area contributed by atoms with Crippen LogP contribution in [0.5, 0.6) is 0 Å². The summed E-state index contributed by atoms with van der Waals surface area (Å²) in [5.41, 5.74) is 5.86. The molecule has 0 aromatic heterocycles. The first-order chi connectivity index (χ1) is 4.70. The smallest absolute Gasteiger partial charge is 0.0194 e. The zero-order valence-electron chi connectivity index (χ0n) is 6.93. The lowest BCUT2D eigenvalue weighted by atomic mass is 10.2. The topological polar surface area (TPSA) is 38.0 Å². The van der Waals surface area contributed by atoms with Gasteiger partial charge in [0.25, 0.3) is 0 Å². The number of nitrogens with one attached hydrogen (secondary N) is 1. The van der Waals surface area contributed by atoms with E-state index in [-0.39, 0.29) is 0 Å². The fraction of sp³-hybridized carbons (Fsp3) is 1.00. The molecule has 0 amide bonds. The average Bonchev–Trinajstić information content (AvgIpc) is 2.63. The second-order valence-electron chi connectivity index (χ2n) is 3.56. The maximum atomic E-state index is 5.86. The van der Waals surface area contributed by atoms with Crippen molar-refractivity contribution in [1.82, 2.24) is 5.32 Å². The molecule has 0 radical (unpaired) electrons. The fourth-order valence-electron chi connectivity index (χ4n) is 1.06. The van der Waals surface area contributed by atoms with Crippen LogP contribution in [0.1, 0.15) is 26.7 Å². The molecule has 0 aromatic carbocycles. The van der Waals surface area contributed by atoms with E-state index in [1.165, 1.54) is 12.8 Å². The van der Waals surface area contributed by atoms with Gasteiger partial charge in [0.1, 0.15) is 0 Å². The van der Waals surface area contributed by atoms with Gasteiger partial charge in [-0.15, -0.1) is 0 Å². The van der Waals surface area contributed by atoms with Crippen molar-refractivity contribution in [3.05, 3.63) is 0 Å².